The molecule has 2 aromatic carbocycles. The van der Waals surface area contributed by atoms with Gasteiger partial charge in [0.15, 0.2) is 5.78 Å². The second-order valence-corrected chi connectivity index (χ2v) is 7.42. The van der Waals surface area contributed by atoms with Crippen LogP contribution in [0.3, 0.4) is 0 Å². The van der Waals surface area contributed by atoms with Crippen LogP contribution in [-0.2, 0) is 4.79 Å². The third kappa shape index (κ3) is 4.16. The second kappa shape index (κ2) is 8.47. The lowest BCUT2D eigenvalue weighted by atomic mass is 9.95. The second-order valence-electron chi connectivity index (χ2n) is 7.42. The van der Waals surface area contributed by atoms with E-state index in [1.807, 2.05) is 35.2 Å². The van der Waals surface area contributed by atoms with E-state index in [0.29, 0.717) is 30.3 Å². The van der Waals surface area contributed by atoms with Gasteiger partial charge in [-0.1, -0.05) is 24.3 Å². The highest BCUT2D eigenvalue weighted by Crippen LogP contribution is 2.28. The van der Waals surface area contributed by atoms with Crippen LogP contribution in [0, 0.1) is 0 Å². The highest BCUT2D eigenvalue weighted by molar-refractivity contribution is 6.00. The zero-order valence-electron chi connectivity index (χ0n) is 16.6. The first kappa shape index (κ1) is 19.2. The molecule has 1 amide bonds. The van der Waals surface area contributed by atoms with Gasteiger partial charge < -0.3 is 14.6 Å². The van der Waals surface area contributed by atoms with Crippen molar-refractivity contribution in [1.82, 2.24) is 14.9 Å². The number of Topliss-reactive ketones (excluding diaryl/α,β-unsaturated/α-hetero) is 1. The number of nitrogens with one attached hydrogen (secondary N) is 1. The Morgan fingerprint density at radius 2 is 1.79 bits per heavy atom. The summed E-state index contributed by atoms with van der Waals surface area (Å²) in [6.07, 6.45) is 2.19. The van der Waals surface area contributed by atoms with Gasteiger partial charge in [-0.05, 0) is 37.1 Å². The molecule has 6 heteroatoms. The Kier molecular flexibility index (Phi) is 5.60. The average Bonchev–Trinajstić information content (AvgIpc) is 3.21. The smallest absolute Gasteiger partial charge is 0.223 e. The number of methoxy groups -OCH3 is 1. The molecule has 4 rings (SSSR count). The highest BCUT2D eigenvalue weighted by Gasteiger charge is 2.26. The fourth-order valence-corrected chi connectivity index (χ4v) is 3.96. The zero-order chi connectivity index (χ0) is 20.2. The first-order valence-electron chi connectivity index (χ1n) is 10.0. The van der Waals surface area contributed by atoms with E-state index >= 15 is 0 Å². The number of hydrogen-bond donors (Lipinski definition) is 1. The van der Waals surface area contributed by atoms with Crippen LogP contribution in [-0.4, -0.2) is 46.8 Å². The van der Waals surface area contributed by atoms with E-state index in [4.69, 9.17) is 9.72 Å². The van der Waals surface area contributed by atoms with Gasteiger partial charge in [-0.2, -0.15) is 0 Å². The van der Waals surface area contributed by atoms with Crippen molar-refractivity contribution in [1.29, 1.82) is 0 Å². The van der Waals surface area contributed by atoms with Gasteiger partial charge in [0.2, 0.25) is 5.91 Å². The minimum Gasteiger partial charge on any atom is -0.496 e. The number of hydrogen-bond acceptors (Lipinski definition) is 4. The Morgan fingerprint density at radius 1 is 1.07 bits per heavy atom. The van der Waals surface area contributed by atoms with Crippen molar-refractivity contribution in [3.63, 3.8) is 0 Å². The van der Waals surface area contributed by atoms with Gasteiger partial charge in [0.25, 0.3) is 0 Å². The van der Waals surface area contributed by atoms with Crippen LogP contribution in [0.25, 0.3) is 11.0 Å². The molecule has 29 heavy (non-hydrogen) atoms. The lowest BCUT2D eigenvalue weighted by Crippen LogP contribution is -2.38. The zero-order valence-corrected chi connectivity index (χ0v) is 16.6. The van der Waals surface area contributed by atoms with E-state index in [-0.39, 0.29) is 24.5 Å². The monoisotopic (exact) mass is 391 g/mol. The van der Waals surface area contributed by atoms with Crippen LogP contribution in [0.4, 0.5) is 0 Å². The molecule has 1 aliphatic rings. The van der Waals surface area contributed by atoms with E-state index in [2.05, 4.69) is 4.98 Å². The molecule has 0 aliphatic carbocycles. The molecule has 1 aliphatic heterocycles. The number of fused-ring (bicyclic) bond motifs is 1. The Balaban J connectivity index is 1.30. The van der Waals surface area contributed by atoms with E-state index in [1.54, 1.807) is 25.3 Å². The molecule has 2 heterocycles. The van der Waals surface area contributed by atoms with Gasteiger partial charge in [-0.15, -0.1) is 0 Å². The quantitative estimate of drug-likeness (QED) is 0.646. The number of ketones is 1. The number of imidazole rings is 1. The number of aromatic nitrogens is 2. The van der Waals surface area contributed by atoms with Crippen molar-refractivity contribution in [2.24, 2.45) is 0 Å². The van der Waals surface area contributed by atoms with Gasteiger partial charge in [0.05, 0.1) is 23.7 Å². The van der Waals surface area contributed by atoms with Gasteiger partial charge in [0, 0.05) is 31.8 Å². The number of aromatic amines is 1. The Morgan fingerprint density at radius 3 is 2.55 bits per heavy atom. The largest absolute Gasteiger partial charge is 0.496 e. The minimum atomic E-state index is -0.0621. The summed E-state index contributed by atoms with van der Waals surface area (Å²) in [6.45, 7) is 1.40. The third-order valence-electron chi connectivity index (χ3n) is 5.62. The number of rotatable bonds is 6. The first-order valence-corrected chi connectivity index (χ1v) is 10.0. The third-order valence-corrected chi connectivity index (χ3v) is 5.62. The van der Waals surface area contributed by atoms with Gasteiger partial charge in [0.1, 0.15) is 11.6 Å². The maximum atomic E-state index is 12.6. The molecule has 0 saturated carbocycles. The maximum absolute atomic E-state index is 12.6. The normalized spacial score (nSPS) is 14.9. The van der Waals surface area contributed by atoms with Gasteiger partial charge >= 0.3 is 0 Å². The summed E-state index contributed by atoms with van der Waals surface area (Å²) in [4.78, 5) is 35.0. The summed E-state index contributed by atoms with van der Waals surface area (Å²) in [5.74, 6) is 1.87. The molecule has 0 atom stereocenters. The van der Waals surface area contributed by atoms with Gasteiger partial charge in [-0.3, -0.25) is 9.59 Å². The summed E-state index contributed by atoms with van der Waals surface area (Å²) in [5, 5.41) is 0. The van der Waals surface area contributed by atoms with Crippen molar-refractivity contribution in [2.45, 2.75) is 31.6 Å². The summed E-state index contributed by atoms with van der Waals surface area (Å²) in [5.41, 5.74) is 2.57. The van der Waals surface area contributed by atoms with E-state index in [9.17, 15) is 9.59 Å². The lowest BCUT2D eigenvalue weighted by molar-refractivity contribution is -0.132. The van der Waals surface area contributed by atoms with Crippen LogP contribution >= 0.6 is 0 Å². The van der Waals surface area contributed by atoms with E-state index in [1.165, 1.54) is 0 Å². The number of carbonyl (C=O) groups is 2. The molecule has 0 spiro atoms. The predicted molar refractivity (Wildman–Crippen MR) is 111 cm³/mol. The van der Waals surface area contributed by atoms with Crippen molar-refractivity contribution < 1.29 is 14.3 Å². The molecular weight excluding hydrogens is 366 g/mol. The minimum absolute atomic E-state index is 0.0382. The molecule has 1 N–H and O–H groups in total. The van der Waals surface area contributed by atoms with Crippen LogP contribution in [0.1, 0.15) is 47.8 Å². The summed E-state index contributed by atoms with van der Waals surface area (Å²) in [7, 11) is 1.55. The Hall–Kier alpha value is -3.15. The SMILES string of the molecule is COc1ccccc1C(=O)CCC(=O)N1CCC(c2nc3ccccc3[nH]2)CC1. The molecule has 1 saturated heterocycles. The number of H-pyrrole nitrogens is 1. The fourth-order valence-electron chi connectivity index (χ4n) is 3.96. The number of likely N-dealkylation sites (tertiary alicyclic amines) is 1. The lowest BCUT2D eigenvalue weighted by Gasteiger charge is -2.31. The van der Waals surface area contributed by atoms with Crippen LogP contribution < -0.4 is 4.74 Å². The van der Waals surface area contributed by atoms with Crippen molar-refractivity contribution in [3.05, 3.63) is 59.9 Å². The van der Waals surface area contributed by atoms with Crippen LogP contribution in [0.2, 0.25) is 0 Å². The predicted octanol–water partition coefficient (Wildman–Crippen LogP) is 3.94. The summed E-state index contributed by atoms with van der Waals surface area (Å²) >= 11 is 0. The molecule has 6 nitrogen and oxygen atoms in total. The summed E-state index contributed by atoms with van der Waals surface area (Å²) in [6, 6.07) is 15.2. The molecule has 0 unspecified atom stereocenters. The molecule has 0 bridgehead atoms. The summed E-state index contributed by atoms with van der Waals surface area (Å²) < 4.78 is 5.24. The number of para-hydroxylation sites is 3. The Labute approximate surface area is 169 Å². The molecule has 0 radical (unpaired) electrons. The highest BCUT2D eigenvalue weighted by atomic mass is 16.5. The topological polar surface area (TPSA) is 75.3 Å². The standard InChI is InChI=1S/C23H25N3O3/c1-29-21-9-5-2-6-17(21)20(27)10-11-22(28)26-14-12-16(13-15-26)23-24-18-7-3-4-8-19(18)25-23/h2-9,16H,10-15H2,1H3,(H,24,25). The molecule has 150 valence electrons. The van der Waals surface area contributed by atoms with E-state index < -0.39 is 0 Å². The van der Waals surface area contributed by atoms with Gasteiger partial charge in [-0.25, -0.2) is 4.98 Å². The van der Waals surface area contributed by atoms with Crippen LogP contribution in [0.15, 0.2) is 48.5 Å². The molecule has 1 aromatic heterocycles. The maximum Gasteiger partial charge on any atom is 0.223 e. The number of piperidine rings is 1. The van der Waals surface area contributed by atoms with Crippen molar-refractivity contribution in [3.8, 4) is 5.75 Å². The molecule has 3 aromatic rings. The molecular formula is C23H25N3O3. The average molecular weight is 391 g/mol. The first-order chi connectivity index (χ1) is 14.2. The number of carbonyl (C=O) groups excluding carboxylic acids is 2. The number of nitrogens with zero attached hydrogens (tertiary/aromatic N) is 2. The van der Waals surface area contributed by atoms with E-state index in [0.717, 1.165) is 29.7 Å². The number of benzene rings is 2. The van der Waals surface area contributed by atoms with Crippen molar-refractivity contribution in [2.75, 3.05) is 20.2 Å². The van der Waals surface area contributed by atoms with Crippen molar-refractivity contribution >= 4 is 22.7 Å². The van der Waals surface area contributed by atoms with Crippen LogP contribution in [0.5, 0.6) is 5.75 Å². The Bertz CT molecular complexity index is 986. The number of amides is 1. The molecule has 1 fully saturated rings. The number of ether oxygens (including phenoxy) is 1. The fraction of sp³-hybridized carbons (Fsp3) is 0.348.